The van der Waals surface area contributed by atoms with E-state index in [1.54, 1.807) is 41.2 Å². The van der Waals surface area contributed by atoms with Gasteiger partial charge in [-0.2, -0.15) is 11.8 Å². The zero-order valence-electron chi connectivity index (χ0n) is 11.6. The minimum Gasteiger partial charge on any atom is -0.339 e. The van der Waals surface area contributed by atoms with Crippen LogP contribution in [-0.2, 0) is 4.79 Å². The molecule has 0 bridgehead atoms. The van der Waals surface area contributed by atoms with E-state index in [2.05, 4.69) is 4.98 Å². The lowest BCUT2D eigenvalue weighted by Crippen LogP contribution is -2.51. The van der Waals surface area contributed by atoms with Gasteiger partial charge in [0.1, 0.15) is 6.04 Å². The Morgan fingerprint density at radius 3 is 2.76 bits per heavy atom. The lowest BCUT2D eigenvalue weighted by Gasteiger charge is -2.32. The van der Waals surface area contributed by atoms with Crippen LogP contribution in [0.3, 0.4) is 0 Å². The van der Waals surface area contributed by atoms with Crippen LogP contribution >= 0.6 is 23.5 Å². The second-order valence-electron chi connectivity index (χ2n) is 4.97. The number of carbonyl (C=O) groups excluding carboxylic acids is 2. The van der Waals surface area contributed by atoms with Gasteiger partial charge in [-0.05, 0) is 12.1 Å². The summed E-state index contributed by atoms with van der Waals surface area (Å²) in [6.45, 7) is 1.58. The zero-order valence-corrected chi connectivity index (χ0v) is 13.2. The van der Waals surface area contributed by atoms with Gasteiger partial charge < -0.3 is 9.80 Å². The summed E-state index contributed by atoms with van der Waals surface area (Å²) in [6, 6.07) is 3.16. The summed E-state index contributed by atoms with van der Waals surface area (Å²) < 4.78 is 0. The molecule has 0 aromatic carbocycles. The van der Waals surface area contributed by atoms with Gasteiger partial charge in [0.05, 0.1) is 11.4 Å². The molecule has 0 radical (unpaired) electrons. The third-order valence-electron chi connectivity index (χ3n) is 3.66. The van der Waals surface area contributed by atoms with Crippen molar-refractivity contribution in [3.63, 3.8) is 0 Å². The molecular weight excluding hydrogens is 306 g/mol. The molecular formula is C14H17N3O2S2. The van der Waals surface area contributed by atoms with Gasteiger partial charge in [0.15, 0.2) is 0 Å². The van der Waals surface area contributed by atoms with Crippen molar-refractivity contribution in [3.05, 3.63) is 30.1 Å². The lowest BCUT2D eigenvalue weighted by atomic mass is 10.2. The summed E-state index contributed by atoms with van der Waals surface area (Å²) in [5, 5.41) is 0. The highest BCUT2D eigenvalue weighted by molar-refractivity contribution is 7.99. The molecule has 0 aliphatic carbocycles. The number of hydrogen-bond donors (Lipinski definition) is 0. The van der Waals surface area contributed by atoms with Crippen molar-refractivity contribution in [3.8, 4) is 0 Å². The van der Waals surface area contributed by atoms with Crippen LogP contribution in [0, 0.1) is 0 Å². The Hall–Kier alpha value is -1.21. The van der Waals surface area contributed by atoms with Crippen molar-refractivity contribution < 1.29 is 9.59 Å². The molecule has 3 rings (SSSR count). The normalized spacial score (nSPS) is 22.4. The van der Waals surface area contributed by atoms with Crippen LogP contribution in [0.25, 0.3) is 0 Å². The quantitative estimate of drug-likeness (QED) is 0.818. The molecule has 1 aromatic heterocycles. The number of thioether (sulfide) groups is 2. The molecule has 21 heavy (non-hydrogen) atoms. The van der Waals surface area contributed by atoms with Crippen molar-refractivity contribution in [1.29, 1.82) is 0 Å². The lowest BCUT2D eigenvalue weighted by molar-refractivity contribution is -0.134. The van der Waals surface area contributed by atoms with E-state index in [0.717, 1.165) is 24.6 Å². The monoisotopic (exact) mass is 323 g/mol. The van der Waals surface area contributed by atoms with E-state index in [1.165, 1.54) is 0 Å². The summed E-state index contributed by atoms with van der Waals surface area (Å²) >= 11 is 3.51. The standard InChI is InChI=1S/C14H17N3O2S2/c18-13(11-2-1-3-15-8-11)17-10-21-9-12(17)14(19)16-4-6-20-7-5-16/h1-3,8,12H,4-7,9-10H2. The molecule has 1 atom stereocenters. The largest absolute Gasteiger partial charge is 0.339 e. The maximum absolute atomic E-state index is 12.6. The fourth-order valence-electron chi connectivity index (χ4n) is 2.50. The summed E-state index contributed by atoms with van der Waals surface area (Å²) in [4.78, 5) is 32.8. The molecule has 5 nitrogen and oxygen atoms in total. The fraction of sp³-hybridized carbons (Fsp3) is 0.500. The van der Waals surface area contributed by atoms with E-state index in [9.17, 15) is 9.59 Å². The Balaban J connectivity index is 1.73. The van der Waals surface area contributed by atoms with Crippen LogP contribution in [-0.4, -0.2) is 68.9 Å². The average Bonchev–Trinajstić information content (AvgIpc) is 3.04. The Bertz CT molecular complexity index is 520. The Morgan fingerprint density at radius 2 is 2.05 bits per heavy atom. The van der Waals surface area contributed by atoms with Gasteiger partial charge >= 0.3 is 0 Å². The first-order valence-electron chi connectivity index (χ1n) is 6.92. The third-order valence-corrected chi connectivity index (χ3v) is 5.61. The summed E-state index contributed by atoms with van der Waals surface area (Å²) in [6.07, 6.45) is 3.20. The number of rotatable bonds is 2. The molecule has 0 N–H and O–H groups in total. The molecule has 2 fully saturated rings. The number of carbonyl (C=O) groups is 2. The van der Waals surface area contributed by atoms with E-state index in [1.807, 2.05) is 16.7 Å². The molecule has 0 saturated carbocycles. The van der Waals surface area contributed by atoms with Crippen molar-refractivity contribution in [2.24, 2.45) is 0 Å². The predicted molar refractivity (Wildman–Crippen MR) is 85.4 cm³/mol. The molecule has 2 aliphatic rings. The summed E-state index contributed by atoms with van der Waals surface area (Å²) in [5.74, 6) is 3.24. The molecule has 2 amide bonds. The second-order valence-corrected chi connectivity index (χ2v) is 7.19. The predicted octanol–water partition coefficient (Wildman–Crippen LogP) is 1.17. The Morgan fingerprint density at radius 1 is 1.24 bits per heavy atom. The van der Waals surface area contributed by atoms with Crippen LogP contribution in [0.5, 0.6) is 0 Å². The smallest absolute Gasteiger partial charge is 0.256 e. The van der Waals surface area contributed by atoms with Crippen LogP contribution in [0.15, 0.2) is 24.5 Å². The third kappa shape index (κ3) is 3.18. The minimum absolute atomic E-state index is 0.0949. The molecule has 1 unspecified atom stereocenters. The average molecular weight is 323 g/mol. The minimum atomic E-state index is -0.328. The van der Waals surface area contributed by atoms with Gasteiger partial charge in [0.2, 0.25) is 5.91 Å². The fourth-order valence-corrected chi connectivity index (χ4v) is 4.55. The van der Waals surface area contributed by atoms with E-state index >= 15 is 0 Å². The maximum Gasteiger partial charge on any atom is 0.256 e. The van der Waals surface area contributed by atoms with Crippen LogP contribution in [0.4, 0.5) is 0 Å². The zero-order chi connectivity index (χ0) is 14.7. The van der Waals surface area contributed by atoms with Gasteiger partial charge in [-0.25, -0.2) is 0 Å². The Labute approximate surface area is 132 Å². The topological polar surface area (TPSA) is 53.5 Å². The van der Waals surface area contributed by atoms with Crippen molar-refractivity contribution in [2.45, 2.75) is 6.04 Å². The number of hydrogen-bond acceptors (Lipinski definition) is 5. The number of nitrogens with zero attached hydrogens (tertiary/aromatic N) is 3. The first kappa shape index (κ1) is 14.7. The van der Waals surface area contributed by atoms with Gasteiger partial charge in [0, 0.05) is 42.7 Å². The summed E-state index contributed by atoms with van der Waals surface area (Å²) in [5.41, 5.74) is 0.548. The van der Waals surface area contributed by atoms with Gasteiger partial charge in [0.25, 0.3) is 5.91 Å². The second kappa shape index (κ2) is 6.70. The molecule has 3 heterocycles. The van der Waals surface area contributed by atoms with Gasteiger partial charge in [-0.15, -0.1) is 11.8 Å². The highest BCUT2D eigenvalue weighted by Crippen LogP contribution is 2.25. The Kier molecular flexibility index (Phi) is 4.70. The van der Waals surface area contributed by atoms with Crippen molar-refractivity contribution in [1.82, 2.24) is 14.8 Å². The SMILES string of the molecule is O=C(C1CSCN1C(=O)c1cccnc1)N1CCSCC1. The van der Waals surface area contributed by atoms with Crippen LogP contribution in [0.1, 0.15) is 10.4 Å². The maximum atomic E-state index is 12.6. The first-order valence-corrected chi connectivity index (χ1v) is 9.23. The molecule has 7 heteroatoms. The summed E-state index contributed by atoms with van der Waals surface area (Å²) in [7, 11) is 0. The van der Waals surface area contributed by atoms with Gasteiger partial charge in [-0.3, -0.25) is 14.6 Å². The number of pyridine rings is 1. The molecule has 0 spiro atoms. The number of amides is 2. The van der Waals surface area contributed by atoms with E-state index in [4.69, 9.17) is 0 Å². The van der Waals surface area contributed by atoms with Gasteiger partial charge in [-0.1, -0.05) is 0 Å². The van der Waals surface area contributed by atoms with Crippen LogP contribution in [0.2, 0.25) is 0 Å². The molecule has 2 aliphatic heterocycles. The number of aromatic nitrogens is 1. The van der Waals surface area contributed by atoms with Crippen LogP contribution < -0.4 is 0 Å². The molecule has 2 saturated heterocycles. The van der Waals surface area contributed by atoms with Crippen molar-refractivity contribution >= 4 is 35.3 Å². The van der Waals surface area contributed by atoms with Crippen molar-refractivity contribution in [2.75, 3.05) is 36.2 Å². The molecule has 112 valence electrons. The van der Waals surface area contributed by atoms with E-state index < -0.39 is 0 Å². The molecule has 1 aromatic rings. The van der Waals surface area contributed by atoms with E-state index in [-0.39, 0.29) is 17.9 Å². The highest BCUT2D eigenvalue weighted by atomic mass is 32.2. The highest BCUT2D eigenvalue weighted by Gasteiger charge is 2.37. The van der Waals surface area contributed by atoms with E-state index in [0.29, 0.717) is 17.2 Å². The first-order chi connectivity index (χ1) is 10.3.